The third kappa shape index (κ3) is 2.59. The topological polar surface area (TPSA) is 52.6 Å². The largest absolute Gasteiger partial charge is 0.465 e. The summed E-state index contributed by atoms with van der Waals surface area (Å²) < 4.78 is 10.0. The van der Waals surface area contributed by atoms with E-state index in [2.05, 4.69) is 0 Å². The highest BCUT2D eigenvalue weighted by molar-refractivity contribution is 6.10. The van der Waals surface area contributed by atoms with Gasteiger partial charge in [-0.2, -0.15) is 0 Å². The molecule has 1 aromatic carbocycles. The van der Waals surface area contributed by atoms with Gasteiger partial charge in [-0.1, -0.05) is 36.4 Å². The van der Waals surface area contributed by atoms with Crippen molar-refractivity contribution in [2.24, 2.45) is 5.41 Å². The Bertz CT molecular complexity index is 513. The van der Waals surface area contributed by atoms with Crippen LogP contribution in [0.5, 0.6) is 0 Å². The molecule has 1 aliphatic rings. The van der Waals surface area contributed by atoms with Gasteiger partial charge in [0.05, 0.1) is 13.2 Å². The van der Waals surface area contributed by atoms with E-state index in [0.717, 1.165) is 11.1 Å². The van der Waals surface area contributed by atoms with Crippen molar-refractivity contribution in [3.8, 4) is 0 Å². The minimum Gasteiger partial charge on any atom is -0.465 e. The maximum atomic E-state index is 12.1. The van der Waals surface area contributed by atoms with Crippen molar-refractivity contribution in [2.45, 2.75) is 20.3 Å². The van der Waals surface area contributed by atoms with Crippen LogP contribution in [0.15, 0.2) is 35.9 Å². The second-order valence-corrected chi connectivity index (χ2v) is 4.60. The molecule has 0 atom stereocenters. The molecule has 2 rings (SSSR count). The average Bonchev–Trinajstić information content (AvgIpc) is 3.16. The Balaban J connectivity index is 2.26. The maximum absolute atomic E-state index is 12.1. The Hall–Kier alpha value is -2.10. The Kier molecular flexibility index (Phi) is 4.23. The highest BCUT2D eigenvalue weighted by Crippen LogP contribution is 2.54. The fourth-order valence-corrected chi connectivity index (χ4v) is 2.16. The van der Waals surface area contributed by atoms with Crippen molar-refractivity contribution >= 4 is 18.0 Å². The first-order valence-corrected chi connectivity index (χ1v) is 6.75. The fourth-order valence-electron chi connectivity index (χ4n) is 2.16. The molecule has 1 fully saturated rings. The molecule has 20 heavy (non-hydrogen) atoms. The SMILES string of the molecule is CCOC(=O)C1(C(=O)OCC)C/C1=C/c1ccccc1. The van der Waals surface area contributed by atoms with E-state index in [1.807, 2.05) is 36.4 Å². The Morgan fingerprint density at radius 2 is 1.65 bits per heavy atom. The first kappa shape index (κ1) is 14.3. The van der Waals surface area contributed by atoms with E-state index in [1.165, 1.54) is 0 Å². The summed E-state index contributed by atoms with van der Waals surface area (Å²) in [5.74, 6) is -1.03. The van der Waals surface area contributed by atoms with E-state index in [-0.39, 0.29) is 13.2 Å². The number of esters is 2. The lowest BCUT2D eigenvalue weighted by Gasteiger charge is -2.12. The van der Waals surface area contributed by atoms with Gasteiger partial charge in [-0.3, -0.25) is 9.59 Å². The second kappa shape index (κ2) is 5.90. The lowest BCUT2D eigenvalue weighted by molar-refractivity contribution is -0.162. The predicted octanol–water partition coefficient (Wildman–Crippen LogP) is 2.59. The normalized spacial score (nSPS) is 17.6. The highest BCUT2D eigenvalue weighted by atomic mass is 16.6. The first-order valence-electron chi connectivity index (χ1n) is 6.75. The van der Waals surface area contributed by atoms with Gasteiger partial charge >= 0.3 is 11.9 Å². The summed E-state index contributed by atoms with van der Waals surface area (Å²) in [5.41, 5.74) is 0.487. The molecule has 106 valence electrons. The lowest BCUT2D eigenvalue weighted by atomic mass is 10.1. The summed E-state index contributed by atoms with van der Waals surface area (Å²) in [4.78, 5) is 24.2. The molecule has 0 unspecified atom stereocenters. The van der Waals surface area contributed by atoms with Gasteiger partial charge in [0.1, 0.15) is 0 Å². The van der Waals surface area contributed by atoms with Crippen molar-refractivity contribution in [3.63, 3.8) is 0 Å². The molecule has 0 amide bonds. The summed E-state index contributed by atoms with van der Waals surface area (Å²) in [7, 11) is 0. The molecule has 0 heterocycles. The molecule has 0 bridgehead atoms. The zero-order chi connectivity index (χ0) is 14.6. The van der Waals surface area contributed by atoms with Crippen LogP contribution in [-0.2, 0) is 19.1 Å². The molecule has 1 aromatic rings. The van der Waals surface area contributed by atoms with Crippen molar-refractivity contribution in [2.75, 3.05) is 13.2 Å². The molecule has 0 aliphatic heterocycles. The number of ether oxygens (including phenoxy) is 2. The quantitative estimate of drug-likeness (QED) is 0.611. The van der Waals surface area contributed by atoms with Crippen LogP contribution < -0.4 is 0 Å². The van der Waals surface area contributed by atoms with Gasteiger partial charge < -0.3 is 9.47 Å². The number of hydrogen-bond donors (Lipinski definition) is 0. The summed E-state index contributed by atoms with van der Waals surface area (Å²) in [6, 6.07) is 9.58. The van der Waals surface area contributed by atoms with Crippen LogP contribution in [0.1, 0.15) is 25.8 Å². The molecule has 0 spiro atoms. The van der Waals surface area contributed by atoms with Gasteiger partial charge in [-0.05, 0) is 25.0 Å². The molecule has 1 saturated carbocycles. The van der Waals surface area contributed by atoms with Crippen LogP contribution >= 0.6 is 0 Å². The number of carbonyl (C=O) groups is 2. The van der Waals surface area contributed by atoms with Gasteiger partial charge in [-0.25, -0.2) is 0 Å². The molecule has 0 saturated heterocycles. The van der Waals surface area contributed by atoms with E-state index in [0.29, 0.717) is 6.42 Å². The van der Waals surface area contributed by atoms with E-state index < -0.39 is 17.4 Å². The average molecular weight is 274 g/mol. The van der Waals surface area contributed by atoms with E-state index in [1.54, 1.807) is 13.8 Å². The third-order valence-corrected chi connectivity index (χ3v) is 3.27. The molecular formula is C16H18O4. The van der Waals surface area contributed by atoms with Crippen LogP contribution in [0.4, 0.5) is 0 Å². The van der Waals surface area contributed by atoms with Crippen LogP contribution in [0.2, 0.25) is 0 Å². The maximum Gasteiger partial charge on any atom is 0.328 e. The summed E-state index contributed by atoms with van der Waals surface area (Å²) in [6.07, 6.45) is 2.23. The second-order valence-electron chi connectivity index (χ2n) is 4.60. The smallest absolute Gasteiger partial charge is 0.328 e. The molecule has 0 radical (unpaired) electrons. The van der Waals surface area contributed by atoms with E-state index in [9.17, 15) is 9.59 Å². The molecular weight excluding hydrogens is 256 g/mol. The minimum absolute atomic E-state index is 0.249. The van der Waals surface area contributed by atoms with Crippen molar-refractivity contribution in [3.05, 3.63) is 41.5 Å². The van der Waals surface area contributed by atoms with Crippen molar-refractivity contribution in [1.29, 1.82) is 0 Å². The molecule has 0 N–H and O–H groups in total. The van der Waals surface area contributed by atoms with Crippen molar-refractivity contribution < 1.29 is 19.1 Å². The van der Waals surface area contributed by atoms with Gasteiger partial charge in [0.25, 0.3) is 0 Å². The minimum atomic E-state index is -1.22. The van der Waals surface area contributed by atoms with Crippen molar-refractivity contribution in [1.82, 2.24) is 0 Å². The molecule has 1 aliphatic carbocycles. The highest BCUT2D eigenvalue weighted by Gasteiger charge is 2.64. The number of rotatable bonds is 5. The first-order chi connectivity index (χ1) is 9.65. The lowest BCUT2D eigenvalue weighted by Crippen LogP contribution is -2.30. The number of carbonyl (C=O) groups excluding carboxylic acids is 2. The molecule has 4 nitrogen and oxygen atoms in total. The molecule has 4 heteroatoms. The van der Waals surface area contributed by atoms with E-state index in [4.69, 9.17) is 9.47 Å². The Morgan fingerprint density at radius 1 is 1.10 bits per heavy atom. The standard InChI is InChI=1S/C16H18O4/c1-3-19-14(17)16(15(18)20-4-2)11-13(16)10-12-8-6-5-7-9-12/h5-10H,3-4,11H2,1-2H3/b13-10-. The monoisotopic (exact) mass is 274 g/mol. The number of benzene rings is 1. The van der Waals surface area contributed by atoms with Crippen LogP contribution in [0.25, 0.3) is 6.08 Å². The summed E-state index contributed by atoms with van der Waals surface area (Å²) >= 11 is 0. The van der Waals surface area contributed by atoms with E-state index >= 15 is 0 Å². The number of hydrogen-bond acceptors (Lipinski definition) is 4. The van der Waals surface area contributed by atoms with Crippen LogP contribution in [-0.4, -0.2) is 25.2 Å². The Morgan fingerprint density at radius 3 is 2.15 bits per heavy atom. The molecule has 0 aromatic heterocycles. The Labute approximate surface area is 118 Å². The summed E-state index contributed by atoms with van der Waals surface area (Å²) in [5, 5.41) is 0. The zero-order valence-electron chi connectivity index (χ0n) is 11.7. The van der Waals surface area contributed by atoms with Crippen LogP contribution in [0, 0.1) is 5.41 Å². The van der Waals surface area contributed by atoms with Crippen LogP contribution in [0.3, 0.4) is 0 Å². The van der Waals surface area contributed by atoms with Gasteiger partial charge in [0, 0.05) is 6.42 Å². The zero-order valence-corrected chi connectivity index (χ0v) is 11.7. The summed E-state index contributed by atoms with van der Waals surface area (Å²) in [6.45, 7) is 3.94. The fraction of sp³-hybridized carbons (Fsp3) is 0.375. The van der Waals surface area contributed by atoms with Gasteiger partial charge in [0.2, 0.25) is 0 Å². The third-order valence-electron chi connectivity index (χ3n) is 3.27. The van der Waals surface area contributed by atoms with Gasteiger partial charge in [-0.15, -0.1) is 0 Å². The van der Waals surface area contributed by atoms with Gasteiger partial charge in [0.15, 0.2) is 5.41 Å². The predicted molar refractivity (Wildman–Crippen MR) is 74.7 cm³/mol.